The van der Waals surface area contributed by atoms with Crippen molar-refractivity contribution in [1.29, 1.82) is 0 Å². The van der Waals surface area contributed by atoms with Gasteiger partial charge in [-0.3, -0.25) is 24.2 Å². The van der Waals surface area contributed by atoms with Gasteiger partial charge in [-0.25, -0.2) is 9.18 Å². The summed E-state index contributed by atoms with van der Waals surface area (Å²) in [4.78, 5) is 54.3. The molecule has 1 atom stereocenters. The standard InChI is InChI=1S/C23H24ClFN4O6S/c1-26-7-6-20(30)29(22(32)18-4-5-19(24)36-18)12-15-11-28(23(33)35-15)17-3-2-14(10-16(17)25)27-8-9-34-13-21(27)31/h2-5,10,15,26H,6-9,11-13H2,1H3/t15-/m1/s1. The number of morpholine rings is 1. The van der Waals surface area contributed by atoms with E-state index in [1.165, 1.54) is 23.1 Å². The summed E-state index contributed by atoms with van der Waals surface area (Å²) in [5.74, 6) is -1.99. The number of ether oxygens (including phenoxy) is 2. The molecular formula is C23H24ClFN4O6S. The van der Waals surface area contributed by atoms with Crippen molar-refractivity contribution in [2.75, 3.05) is 56.2 Å². The van der Waals surface area contributed by atoms with Crippen molar-refractivity contribution in [2.24, 2.45) is 0 Å². The van der Waals surface area contributed by atoms with Gasteiger partial charge in [0.1, 0.15) is 18.5 Å². The molecule has 3 heterocycles. The number of anilines is 2. The Bertz CT molecular complexity index is 1180. The van der Waals surface area contributed by atoms with Crippen LogP contribution in [-0.2, 0) is 19.1 Å². The lowest BCUT2D eigenvalue weighted by Crippen LogP contribution is -2.43. The number of halogens is 2. The number of carbonyl (C=O) groups is 4. The highest BCUT2D eigenvalue weighted by atomic mass is 35.5. The Labute approximate surface area is 215 Å². The smallest absolute Gasteiger partial charge is 0.414 e. The normalized spacial score (nSPS) is 17.9. The number of amides is 4. The maximum atomic E-state index is 15.0. The minimum absolute atomic E-state index is 0.0311. The lowest BCUT2D eigenvalue weighted by atomic mass is 10.2. The Morgan fingerprint density at radius 1 is 1.25 bits per heavy atom. The lowest BCUT2D eigenvalue weighted by Gasteiger charge is -2.27. The van der Waals surface area contributed by atoms with E-state index in [9.17, 15) is 19.2 Å². The van der Waals surface area contributed by atoms with Crippen LogP contribution in [0.3, 0.4) is 0 Å². The molecule has 13 heteroatoms. The predicted octanol–water partition coefficient (Wildman–Crippen LogP) is 2.51. The van der Waals surface area contributed by atoms with E-state index in [0.29, 0.717) is 29.7 Å². The van der Waals surface area contributed by atoms with Gasteiger partial charge in [-0.15, -0.1) is 11.3 Å². The van der Waals surface area contributed by atoms with Gasteiger partial charge in [0.25, 0.3) is 11.8 Å². The molecule has 0 unspecified atom stereocenters. The minimum Gasteiger partial charge on any atom is -0.442 e. The van der Waals surface area contributed by atoms with Crippen LogP contribution in [0.1, 0.15) is 16.1 Å². The van der Waals surface area contributed by atoms with Crippen LogP contribution in [-0.4, -0.2) is 81.3 Å². The topological polar surface area (TPSA) is 108 Å². The van der Waals surface area contributed by atoms with Crippen molar-refractivity contribution in [3.8, 4) is 0 Å². The molecule has 36 heavy (non-hydrogen) atoms. The highest BCUT2D eigenvalue weighted by molar-refractivity contribution is 7.18. The molecule has 2 fully saturated rings. The van der Waals surface area contributed by atoms with Crippen molar-refractivity contribution < 1.29 is 33.0 Å². The maximum Gasteiger partial charge on any atom is 0.414 e. The third-order valence-electron chi connectivity index (χ3n) is 5.70. The second kappa shape index (κ2) is 11.3. The zero-order valence-corrected chi connectivity index (χ0v) is 20.9. The zero-order chi connectivity index (χ0) is 25.8. The van der Waals surface area contributed by atoms with Crippen molar-refractivity contribution in [1.82, 2.24) is 10.2 Å². The molecule has 0 bridgehead atoms. The van der Waals surface area contributed by atoms with Gasteiger partial charge < -0.3 is 19.7 Å². The Balaban J connectivity index is 1.49. The highest BCUT2D eigenvalue weighted by Crippen LogP contribution is 2.30. The Kier molecular flexibility index (Phi) is 8.19. The number of cyclic esters (lactones) is 1. The molecule has 10 nitrogen and oxygen atoms in total. The molecule has 1 aromatic carbocycles. The summed E-state index contributed by atoms with van der Waals surface area (Å²) in [6.07, 6.45) is -1.61. The molecule has 0 spiro atoms. The summed E-state index contributed by atoms with van der Waals surface area (Å²) in [5.41, 5.74) is 0.326. The lowest BCUT2D eigenvalue weighted by molar-refractivity contribution is -0.129. The van der Waals surface area contributed by atoms with Crippen LogP contribution >= 0.6 is 22.9 Å². The van der Waals surface area contributed by atoms with Gasteiger partial charge in [-0.2, -0.15) is 0 Å². The number of nitrogens with one attached hydrogen (secondary N) is 1. The van der Waals surface area contributed by atoms with Gasteiger partial charge in [0.15, 0.2) is 0 Å². The minimum atomic E-state index is -0.865. The number of nitrogens with zero attached hydrogens (tertiary/aromatic N) is 3. The van der Waals surface area contributed by atoms with Crippen LogP contribution in [0.25, 0.3) is 0 Å². The second-order valence-corrected chi connectivity index (χ2v) is 9.83. The van der Waals surface area contributed by atoms with Crippen LogP contribution in [0.5, 0.6) is 0 Å². The third kappa shape index (κ3) is 5.67. The van der Waals surface area contributed by atoms with E-state index in [-0.39, 0.29) is 42.6 Å². The Morgan fingerprint density at radius 3 is 2.72 bits per heavy atom. The molecule has 2 aliphatic rings. The number of hydrogen-bond acceptors (Lipinski definition) is 8. The molecular weight excluding hydrogens is 515 g/mol. The zero-order valence-electron chi connectivity index (χ0n) is 19.4. The predicted molar refractivity (Wildman–Crippen MR) is 131 cm³/mol. The van der Waals surface area contributed by atoms with Crippen LogP contribution in [0.2, 0.25) is 4.34 Å². The van der Waals surface area contributed by atoms with E-state index >= 15 is 4.39 Å². The van der Waals surface area contributed by atoms with Gasteiger partial charge in [0.2, 0.25) is 5.91 Å². The monoisotopic (exact) mass is 538 g/mol. The maximum absolute atomic E-state index is 15.0. The van der Waals surface area contributed by atoms with Crippen molar-refractivity contribution in [2.45, 2.75) is 12.5 Å². The SMILES string of the molecule is CNCCC(=O)N(C[C@H]1CN(c2ccc(N3CCOCC3=O)cc2F)C(=O)O1)C(=O)c1ccc(Cl)s1. The number of thiophene rings is 1. The molecule has 192 valence electrons. The van der Waals surface area contributed by atoms with E-state index in [1.54, 1.807) is 19.2 Å². The molecule has 4 amide bonds. The Morgan fingerprint density at radius 2 is 2.06 bits per heavy atom. The molecule has 2 saturated heterocycles. The summed E-state index contributed by atoms with van der Waals surface area (Å²) in [7, 11) is 1.68. The fourth-order valence-corrected chi connectivity index (χ4v) is 4.91. The molecule has 1 N–H and O–H groups in total. The van der Waals surface area contributed by atoms with Crippen molar-refractivity contribution in [3.05, 3.63) is 45.4 Å². The van der Waals surface area contributed by atoms with Gasteiger partial charge in [-0.05, 0) is 37.4 Å². The van der Waals surface area contributed by atoms with Gasteiger partial charge >= 0.3 is 6.09 Å². The summed E-state index contributed by atoms with van der Waals surface area (Å²) in [6.45, 7) is 0.652. The first kappa shape index (κ1) is 26.0. The summed E-state index contributed by atoms with van der Waals surface area (Å²) in [5, 5.41) is 2.86. The van der Waals surface area contributed by atoms with Crippen LogP contribution in [0.15, 0.2) is 30.3 Å². The first-order chi connectivity index (χ1) is 17.3. The third-order valence-corrected chi connectivity index (χ3v) is 6.92. The van der Waals surface area contributed by atoms with Crippen LogP contribution < -0.4 is 15.1 Å². The molecule has 0 radical (unpaired) electrons. The number of rotatable bonds is 8. The first-order valence-electron chi connectivity index (χ1n) is 11.2. The molecule has 2 aromatic rings. The Hall–Kier alpha value is -3.06. The molecule has 1 aromatic heterocycles. The van der Waals surface area contributed by atoms with E-state index in [1.807, 2.05) is 0 Å². The average Bonchev–Trinajstić information content (AvgIpc) is 3.46. The summed E-state index contributed by atoms with van der Waals surface area (Å²) in [6, 6.07) is 7.20. The molecule has 2 aliphatic heterocycles. The van der Waals surface area contributed by atoms with Crippen LogP contribution in [0.4, 0.5) is 20.6 Å². The second-order valence-electron chi connectivity index (χ2n) is 8.12. The molecule has 0 aliphatic carbocycles. The summed E-state index contributed by atoms with van der Waals surface area (Å²) < 4.78 is 25.9. The van der Waals surface area contributed by atoms with E-state index in [4.69, 9.17) is 21.1 Å². The van der Waals surface area contributed by atoms with Gasteiger partial charge in [0, 0.05) is 25.2 Å². The number of imide groups is 1. The fraction of sp³-hybridized carbons (Fsp3) is 0.391. The van der Waals surface area contributed by atoms with Gasteiger partial charge in [0.05, 0.1) is 34.6 Å². The van der Waals surface area contributed by atoms with Crippen LogP contribution in [0, 0.1) is 5.82 Å². The first-order valence-corrected chi connectivity index (χ1v) is 12.4. The summed E-state index contributed by atoms with van der Waals surface area (Å²) >= 11 is 6.98. The largest absolute Gasteiger partial charge is 0.442 e. The highest BCUT2D eigenvalue weighted by Gasteiger charge is 2.37. The molecule has 0 saturated carbocycles. The van der Waals surface area contributed by atoms with Gasteiger partial charge in [-0.1, -0.05) is 11.6 Å². The fourth-order valence-electron chi connectivity index (χ4n) is 3.92. The van der Waals surface area contributed by atoms with E-state index in [2.05, 4.69) is 5.32 Å². The number of hydrogen-bond donors (Lipinski definition) is 1. The quantitative estimate of drug-likeness (QED) is 0.550. The number of benzene rings is 1. The molecule has 4 rings (SSSR count). The number of carbonyl (C=O) groups excluding carboxylic acids is 4. The van der Waals surface area contributed by atoms with Crippen molar-refractivity contribution in [3.63, 3.8) is 0 Å². The average molecular weight is 539 g/mol. The van der Waals surface area contributed by atoms with E-state index in [0.717, 1.165) is 21.1 Å². The van der Waals surface area contributed by atoms with E-state index < -0.39 is 29.8 Å². The van der Waals surface area contributed by atoms with Crippen molar-refractivity contribution >= 4 is 58.1 Å².